The molecule has 0 aliphatic carbocycles. The summed E-state index contributed by atoms with van der Waals surface area (Å²) in [4.78, 5) is 0. The average molecular weight is 128 g/mol. The van der Waals surface area contributed by atoms with Crippen LogP contribution < -0.4 is 5.43 Å². The van der Waals surface area contributed by atoms with Crippen LogP contribution >= 0.6 is 0 Å². The second-order valence-corrected chi connectivity index (χ2v) is 3.08. The molecule has 2 heteroatoms. The lowest BCUT2D eigenvalue weighted by atomic mass is 10.0. The molecule has 1 aliphatic rings. The first-order chi connectivity index (χ1) is 4.24. The van der Waals surface area contributed by atoms with Crippen LogP contribution in [0.5, 0.6) is 0 Å². The van der Waals surface area contributed by atoms with Gasteiger partial charge in [-0.3, -0.25) is 5.43 Å². The standard InChI is InChI=1S/C7H16N2/c1-6-4-9(8-3)5-7(6)2/h6-8H,4-5H2,1-3H3. The van der Waals surface area contributed by atoms with Gasteiger partial charge in [-0.1, -0.05) is 13.8 Å². The number of rotatable bonds is 1. The van der Waals surface area contributed by atoms with Crippen LogP contribution in [0, 0.1) is 11.8 Å². The molecule has 1 N–H and O–H groups in total. The molecule has 2 nitrogen and oxygen atoms in total. The molecule has 0 bridgehead atoms. The topological polar surface area (TPSA) is 15.3 Å². The van der Waals surface area contributed by atoms with E-state index in [0.29, 0.717) is 0 Å². The fourth-order valence-electron chi connectivity index (χ4n) is 1.31. The van der Waals surface area contributed by atoms with Gasteiger partial charge in [0.1, 0.15) is 0 Å². The van der Waals surface area contributed by atoms with Crippen molar-refractivity contribution in [3.05, 3.63) is 0 Å². The highest BCUT2D eigenvalue weighted by molar-refractivity contribution is 4.75. The molecule has 1 saturated heterocycles. The molecule has 0 radical (unpaired) electrons. The van der Waals surface area contributed by atoms with Gasteiger partial charge in [0, 0.05) is 13.1 Å². The van der Waals surface area contributed by atoms with Gasteiger partial charge in [0.25, 0.3) is 0 Å². The summed E-state index contributed by atoms with van der Waals surface area (Å²) >= 11 is 0. The fourth-order valence-corrected chi connectivity index (χ4v) is 1.31. The Morgan fingerprint density at radius 3 is 1.89 bits per heavy atom. The van der Waals surface area contributed by atoms with Crippen molar-refractivity contribution in [2.45, 2.75) is 13.8 Å². The molecule has 0 aromatic carbocycles. The van der Waals surface area contributed by atoms with Gasteiger partial charge in [-0.2, -0.15) is 0 Å². The number of hydrazine groups is 1. The smallest absolute Gasteiger partial charge is 0.0159 e. The largest absolute Gasteiger partial charge is 0.258 e. The first-order valence-electron chi connectivity index (χ1n) is 3.66. The third kappa shape index (κ3) is 1.43. The van der Waals surface area contributed by atoms with Crippen LogP contribution in [0.1, 0.15) is 13.8 Å². The molecule has 54 valence electrons. The van der Waals surface area contributed by atoms with E-state index in [9.17, 15) is 0 Å². The zero-order valence-electron chi connectivity index (χ0n) is 6.52. The van der Waals surface area contributed by atoms with Crippen LogP contribution in [0.2, 0.25) is 0 Å². The number of hydrogen-bond donors (Lipinski definition) is 1. The molecule has 9 heavy (non-hydrogen) atoms. The lowest BCUT2D eigenvalue weighted by Crippen LogP contribution is -2.32. The van der Waals surface area contributed by atoms with Gasteiger partial charge < -0.3 is 0 Å². The number of nitrogens with zero attached hydrogens (tertiary/aromatic N) is 1. The first kappa shape index (κ1) is 7.03. The highest BCUT2D eigenvalue weighted by Gasteiger charge is 2.24. The SMILES string of the molecule is CNN1CC(C)C(C)C1. The Balaban J connectivity index is 2.35. The lowest BCUT2D eigenvalue weighted by molar-refractivity contribution is 0.249. The Morgan fingerprint density at radius 2 is 1.67 bits per heavy atom. The summed E-state index contributed by atoms with van der Waals surface area (Å²) in [5.41, 5.74) is 3.16. The third-order valence-corrected chi connectivity index (χ3v) is 2.30. The van der Waals surface area contributed by atoms with E-state index in [1.54, 1.807) is 0 Å². The molecule has 1 rings (SSSR count). The minimum atomic E-state index is 0.859. The quantitative estimate of drug-likeness (QED) is 0.559. The summed E-state index contributed by atoms with van der Waals surface area (Å²) in [6, 6.07) is 0. The van der Waals surface area contributed by atoms with Crippen molar-refractivity contribution in [1.82, 2.24) is 10.4 Å². The maximum Gasteiger partial charge on any atom is 0.0159 e. The highest BCUT2D eigenvalue weighted by atomic mass is 15.5. The van der Waals surface area contributed by atoms with E-state index in [1.807, 2.05) is 7.05 Å². The maximum absolute atomic E-state index is 3.16. The highest BCUT2D eigenvalue weighted by Crippen LogP contribution is 2.19. The maximum atomic E-state index is 3.16. The second kappa shape index (κ2) is 2.67. The van der Waals surface area contributed by atoms with Gasteiger partial charge in [-0.15, -0.1) is 0 Å². The summed E-state index contributed by atoms with van der Waals surface area (Å²) in [7, 11) is 1.99. The molecule has 0 aromatic rings. The van der Waals surface area contributed by atoms with Crippen molar-refractivity contribution in [2.75, 3.05) is 20.1 Å². The van der Waals surface area contributed by atoms with Crippen LogP contribution in [0.25, 0.3) is 0 Å². The summed E-state index contributed by atoms with van der Waals surface area (Å²) in [6.45, 7) is 7.03. The zero-order chi connectivity index (χ0) is 6.85. The van der Waals surface area contributed by atoms with Gasteiger partial charge in [0.2, 0.25) is 0 Å². The fraction of sp³-hybridized carbons (Fsp3) is 1.00. The van der Waals surface area contributed by atoms with Crippen molar-refractivity contribution in [2.24, 2.45) is 11.8 Å². The van der Waals surface area contributed by atoms with Gasteiger partial charge in [-0.05, 0) is 18.9 Å². The van der Waals surface area contributed by atoms with E-state index in [-0.39, 0.29) is 0 Å². The monoisotopic (exact) mass is 128 g/mol. The molecule has 1 aliphatic heterocycles. The molecule has 1 fully saturated rings. The molecule has 0 amide bonds. The zero-order valence-corrected chi connectivity index (χ0v) is 6.52. The van der Waals surface area contributed by atoms with Crippen molar-refractivity contribution < 1.29 is 0 Å². The molecule has 0 spiro atoms. The van der Waals surface area contributed by atoms with Crippen LogP contribution in [-0.2, 0) is 0 Å². The Hall–Kier alpha value is -0.0800. The summed E-state index contributed by atoms with van der Waals surface area (Å²) < 4.78 is 0. The van der Waals surface area contributed by atoms with Crippen molar-refractivity contribution >= 4 is 0 Å². The molecule has 2 atom stereocenters. The van der Waals surface area contributed by atoms with E-state index in [2.05, 4.69) is 24.3 Å². The Labute approximate surface area is 57.2 Å². The van der Waals surface area contributed by atoms with Gasteiger partial charge in [0.15, 0.2) is 0 Å². The second-order valence-electron chi connectivity index (χ2n) is 3.08. The number of hydrogen-bond acceptors (Lipinski definition) is 2. The van der Waals surface area contributed by atoms with E-state index in [0.717, 1.165) is 11.8 Å². The van der Waals surface area contributed by atoms with Crippen molar-refractivity contribution in [3.63, 3.8) is 0 Å². The molecule has 0 saturated carbocycles. The molecule has 1 heterocycles. The molecular formula is C7H16N2. The lowest BCUT2D eigenvalue weighted by Gasteiger charge is -2.11. The third-order valence-electron chi connectivity index (χ3n) is 2.30. The number of nitrogens with one attached hydrogen (secondary N) is 1. The van der Waals surface area contributed by atoms with E-state index >= 15 is 0 Å². The van der Waals surface area contributed by atoms with E-state index in [4.69, 9.17) is 0 Å². The van der Waals surface area contributed by atoms with Crippen LogP contribution in [-0.4, -0.2) is 25.1 Å². The molecule has 2 unspecified atom stereocenters. The van der Waals surface area contributed by atoms with Crippen molar-refractivity contribution in [3.8, 4) is 0 Å². The Kier molecular flexibility index (Phi) is 2.09. The van der Waals surface area contributed by atoms with Crippen molar-refractivity contribution in [1.29, 1.82) is 0 Å². The van der Waals surface area contributed by atoms with Crippen LogP contribution in [0.15, 0.2) is 0 Å². The van der Waals surface area contributed by atoms with Crippen LogP contribution in [0.4, 0.5) is 0 Å². The van der Waals surface area contributed by atoms with Crippen LogP contribution in [0.3, 0.4) is 0 Å². The summed E-state index contributed by atoms with van der Waals surface area (Å²) in [5, 5.41) is 2.27. The Morgan fingerprint density at radius 1 is 1.22 bits per heavy atom. The normalized spacial score (nSPS) is 37.7. The Bertz CT molecular complexity index is 82.9. The van der Waals surface area contributed by atoms with Gasteiger partial charge in [0.05, 0.1) is 0 Å². The minimum absolute atomic E-state index is 0.859. The predicted molar refractivity (Wildman–Crippen MR) is 39.0 cm³/mol. The van der Waals surface area contributed by atoms with E-state index in [1.165, 1.54) is 13.1 Å². The van der Waals surface area contributed by atoms with E-state index < -0.39 is 0 Å². The van der Waals surface area contributed by atoms with Gasteiger partial charge >= 0.3 is 0 Å². The summed E-state index contributed by atoms with van der Waals surface area (Å²) in [6.07, 6.45) is 0. The summed E-state index contributed by atoms with van der Waals surface area (Å²) in [5.74, 6) is 1.72. The minimum Gasteiger partial charge on any atom is -0.258 e. The van der Waals surface area contributed by atoms with Gasteiger partial charge in [-0.25, -0.2) is 5.01 Å². The first-order valence-corrected chi connectivity index (χ1v) is 3.66. The molecular weight excluding hydrogens is 112 g/mol. The predicted octanol–water partition coefficient (Wildman–Crippen LogP) is 0.709. The average Bonchev–Trinajstić information content (AvgIpc) is 2.13. The molecule has 0 aromatic heterocycles.